The van der Waals surface area contributed by atoms with Gasteiger partial charge >= 0.3 is 6.03 Å². The summed E-state index contributed by atoms with van der Waals surface area (Å²) in [4.78, 5) is 34.8. The van der Waals surface area contributed by atoms with Crippen molar-refractivity contribution in [2.45, 2.75) is 19.4 Å². The highest BCUT2D eigenvalue weighted by molar-refractivity contribution is 6.07. The standard InChI is InChI=1S/C12H13N3O3/c1-8(16)14-15-10(17)12(2,13-11(15)18)9-6-4-3-5-7-9/h3-7H,1-2H3,(H,13,18)(H,14,16). The molecular formula is C12H13N3O3. The van der Waals surface area contributed by atoms with E-state index >= 15 is 0 Å². The van der Waals surface area contributed by atoms with Crippen LogP contribution in [0.4, 0.5) is 4.79 Å². The van der Waals surface area contributed by atoms with Crippen LogP contribution in [0, 0.1) is 0 Å². The summed E-state index contributed by atoms with van der Waals surface area (Å²) in [5.74, 6) is -0.982. The minimum absolute atomic E-state index is 0.476. The molecule has 1 aliphatic heterocycles. The first-order valence-electron chi connectivity index (χ1n) is 5.44. The summed E-state index contributed by atoms with van der Waals surface area (Å²) < 4.78 is 0. The van der Waals surface area contributed by atoms with Crippen molar-refractivity contribution >= 4 is 17.8 Å². The number of imide groups is 1. The highest BCUT2D eigenvalue weighted by atomic mass is 16.2. The number of amides is 4. The molecule has 1 atom stereocenters. The Morgan fingerprint density at radius 1 is 1.28 bits per heavy atom. The van der Waals surface area contributed by atoms with Crippen LogP contribution in [-0.4, -0.2) is 22.9 Å². The van der Waals surface area contributed by atoms with Crippen LogP contribution in [0.25, 0.3) is 0 Å². The highest BCUT2D eigenvalue weighted by Gasteiger charge is 2.49. The van der Waals surface area contributed by atoms with Crippen LogP contribution in [0.2, 0.25) is 0 Å². The van der Waals surface area contributed by atoms with Crippen molar-refractivity contribution in [3.63, 3.8) is 0 Å². The van der Waals surface area contributed by atoms with E-state index in [1.807, 2.05) is 6.07 Å². The first-order chi connectivity index (χ1) is 8.45. The lowest BCUT2D eigenvalue weighted by molar-refractivity contribution is -0.138. The number of nitrogens with zero attached hydrogens (tertiary/aromatic N) is 1. The van der Waals surface area contributed by atoms with E-state index in [9.17, 15) is 14.4 Å². The van der Waals surface area contributed by atoms with Crippen molar-refractivity contribution in [1.29, 1.82) is 0 Å². The molecule has 4 amide bonds. The van der Waals surface area contributed by atoms with Crippen LogP contribution in [0.1, 0.15) is 19.4 Å². The summed E-state index contributed by atoms with van der Waals surface area (Å²) in [5.41, 5.74) is 1.71. The highest BCUT2D eigenvalue weighted by Crippen LogP contribution is 2.27. The summed E-state index contributed by atoms with van der Waals surface area (Å²) in [6, 6.07) is 8.23. The van der Waals surface area contributed by atoms with Gasteiger partial charge < -0.3 is 5.32 Å². The summed E-state index contributed by atoms with van der Waals surface area (Å²) in [5, 5.41) is 3.28. The maximum absolute atomic E-state index is 12.2. The Morgan fingerprint density at radius 2 is 1.89 bits per heavy atom. The molecule has 1 saturated heterocycles. The topological polar surface area (TPSA) is 78.5 Å². The van der Waals surface area contributed by atoms with E-state index in [0.717, 1.165) is 0 Å². The van der Waals surface area contributed by atoms with Crippen LogP contribution in [0.15, 0.2) is 30.3 Å². The quantitative estimate of drug-likeness (QED) is 0.747. The first-order valence-corrected chi connectivity index (χ1v) is 5.44. The number of hydrogen-bond donors (Lipinski definition) is 2. The van der Waals surface area contributed by atoms with Gasteiger partial charge in [0.1, 0.15) is 5.54 Å². The number of benzene rings is 1. The molecule has 0 aromatic heterocycles. The van der Waals surface area contributed by atoms with Gasteiger partial charge in [0.15, 0.2) is 0 Å². The molecule has 18 heavy (non-hydrogen) atoms. The van der Waals surface area contributed by atoms with Gasteiger partial charge in [-0.2, -0.15) is 5.01 Å². The molecule has 0 saturated carbocycles. The fourth-order valence-electron chi connectivity index (χ4n) is 1.87. The maximum atomic E-state index is 12.2. The molecule has 2 N–H and O–H groups in total. The molecule has 1 aromatic rings. The number of rotatable bonds is 2. The summed E-state index contributed by atoms with van der Waals surface area (Å²) in [6.07, 6.45) is 0. The third-order valence-electron chi connectivity index (χ3n) is 2.81. The molecule has 1 heterocycles. The molecule has 1 unspecified atom stereocenters. The van der Waals surface area contributed by atoms with E-state index < -0.39 is 23.4 Å². The SMILES string of the molecule is CC(=O)NN1C(=O)NC(C)(c2ccccc2)C1=O. The van der Waals surface area contributed by atoms with Gasteiger partial charge in [-0.15, -0.1) is 0 Å². The second kappa shape index (κ2) is 4.14. The Balaban J connectivity index is 2.35. The van der Waals surface area contributed by atoms with E-state index in [1.165, 1.54) is 6.92 Å². The number of urea groups is 1. The van der Waals surface area contributed by atoms with Gasteiger partial charge in [-0.25, -0.2) is 4.79 Å². The number of carbonyl (C=O) groups excluding carboxylic acids is 3. The van der Waals surface area contributed by atoms with Gasteiger partial charge in [0.2, 0.25) is 5.91 Å². The number of hydrazine groups is 1. The molecule has 0 bridgehead atoms. The minimum Gasteiger partial charge on any atom is -0.318 e. The fourth-order valence-corrected chi connectivity index (χ4v) is 1.87. The van der Waals surface area contributed by atoms with E-state index in [2.05, 4.69) is 10.7 Å². The average Bonchev–Trinajstić information content (AvgIpc) is 2.55. The molecule has 1 aromatic carbocycles. The zero-order valence-electron chi connectivity index (χ0n) is 10.1. The van der Waals surface area contributed by atoms with Gasteiger partial charge in [0, 0.05) is 6.92 Å². The number of nitrogens with one attached hydrogen (secondary N) is 2. The number of carbonyl (C=O) groups is 3. The van der Waals surface area contributed by atoms with E-state index in [1.54, 1.807) is 31.2 Å². The first kappa shape index (κ1) is 12.1. The predicted octanol–water partition coefficient (Wildman–Crippen LogP) is 0.505. The molecule has 1 aliphatic rings. The summed E-state index contributed by atoms with van der Waals surface area (Å²) in [7, 11) is 0. The molecule has 94 valence electrons. The summed E-state index contributed by atoms with van der Waals surface area (Å²) >= 11 is 0. The van der Waals surface area contributed by atoms with Crippen LogP contribution >= 0.6 is 0 Å². The lowest BCUT2D eigenvalue weighted by Crippen LogP contribution is -2.47. The Morgan fingerprint density at radius 3 is 2.44 bits per heavy atom. The molecule has 0 radical (unpaired) electrons. The van der Waals surface area contributed by atoms with Crippen molar-refractivity contribution in [2.75, 3.05) is 0 Å². The van der Waals surface area contributed by atoms with Crippen LogP contribution in [0.3, 0.4) is 0 Å². The van der Waals surface area contributed by atoms with Gasteiger partial charge in [-0.05, 0) is 12.5 Å². The Labute approximate surface area is 104 Å². The van der Waals surface area contributed by atoms with Crippen molar-refractivity contribution in [2.24, 2.45) is 0 Å². The largest absolute Gasteiger partial charge is 0.344 e. The van der Waals surface area contributed by atoms with Gasteiger partial charge in [-0.3, -0.25) is 15.0 Å². The van der Waals surface area contributed by atoms with Crippen LogP contribution < -0.4 is 10.7 Å². The van der Waals surface area contributed by atoms with E-state index in [4.69, 9.17) is 0 Å². The van der Waals surface area contributed by atoms with Gasteiger partial charge in [-0.1, -0.05) is 30.3 Å². The molecule has 0 spiro atoms. The normalized spacial score (nSPS) is 22.9. The van der Waals surface area contributed by atoms with Gasteiger partial charge in [0.05, 0.1) is 0 Å². The van der Waals surface area contributed by atoms with E-state index in [0.29, 0.717) is 10.6 Å². The second-order valence-electron chi connectivity index (χ2n) is 4.23. The maximum Gasteiger partial charge on any atom is 0.344 e. The van der Waals surface area contributed by atoms with E-state index in [-0.39, 0.29) is 0 Å². The molecule has 2 rings (SSSR count). The third-order valence-corrected chi connectivity index (χ3v) is 2.81. The second-order valence-corrected chi connectivity index (χ2v) is 4.23. The van der Waals surface area contributed by atoms with Crippen molar-refractivity contribution < 1.29 is 14.4 Å². The van der Waals surface area contributed by atoms with Gasteiger partial charge in [0.25, 0.3) is 5.91 Å². The fraction of sp³-hybridized carbons (Fsp3) is 0.250. The van der Waals surface area contributed by atoms with Crippen molar-refractivity contribution in [1.82, 2.24) is 15.8 Å². The zero-order valence-corrected chi connectivity index (χ0v) is 10.1. The Kier molecular flexibility index (Phi) is 2.78. The number of hydrogen-bond acceptors (Lipinski definition) is 3. The third kappa shape index (κ3) is 1.81. The average molecular weight is 247 g/mol. The Bertz CT molecular complexity index is 515. The van der Waals surface area contributed by atoms with Crippen molar-refractivity contribution in [3.8, 4) is 0 Å². The Hall–Kier alpha value is -2.37. The lowest BCUT2D eigenvalue weighted by Gasteiger charge is -2.21. The minimum atomic E-state index is -1.15. The molecule has 1 fully saturated rings. The molecular weight excluding hydrogens is 234 g/mol. The zero-order chi connectivity index (χ0) is 13.3. The lowest BCUT2D eigenvalue weighted by atomic mass is 9.92. The van der Waals surface area contributed by atoms with Crippen molar-refractivity contribution in [3.05, 3.63) is 35.9 Å². The predicted molar refractivity (Wildman–Crippen MR) is 63.0 cm³/mol. The molecule has 0 aliphatic carbocycles. The summed E-state index contributed by atoms with van der Waals surface area (Å²) in [6.45, 7) is 2.84. The smallest absolute Gasteiger partial charge is 0.318 e. The monoisotopic (exact) mass is 247 g/mol. The van der Waals surface area contributed by atoms with Crippen LogP contribution in [0.5, 0.6) is 0 Å². The van der Waals surface area contributed by atoms with Crippen LogP contribution in [-0.2, 0) is 15.1 Å². The molecule has 6 heteroatoms. The molecule has 6 nitrogen and oxygen atoms in total.